The van der Waals surface area contributed by atoms with Gasteiger partial charge in [-0.3, -0.25) is 4.90 Å². The van der Waals surface area contributed by atoms with Crippen molar-refractivity contribution in [2.75, 3.05) is 13.1 Å². The van der Waals surface area contributed by atoms with Crippen LogP contribution < -0.4 is 5.73 Å². The summed E-state index contributed by atoms with van der Waals surface area (Å²) in [5.74, 6) is 0.711. The Balaban J connectivity index is 4.58. The van der Waals surface area contributed by atoms with E-state index >= 15 is 0 Å². The molecule has 0 spiro atoms. The number of nitrogens with zero attached hydrogens (tertiary/aromatic N) is 1. The van der Waals surface area contributed by atoms with E-state index in [0.29, 0.717) is 12.0 Å². The molecule has 0 aliphatic rings. The van der Waals surface area contributed by atoms with Crippen LogP contribution in [0.15, 0.2) is 0 Å². The Morgan fingerprint density at radius 3 is 1.76 bits per heavy atom. The Labute approximate surface area is 109 Å². The molecule has 0 saturated carbocycles. The van der Waals surface area contributed by atoms with Crippen LogP contribution in [0, 0.1) is 11.3 Å². The number of hydrogen-bond donors (Lipinski definition) is 1. The average Bonchev–Trinajstić information content (AvgIpc) is 2.16. The molecule has 1 atom stereocenters. The van der Waals surface area contributed by atoms with E-state index in [9.17, 15) is 0 Å². The molecule has 0 aromatic heterocycles. The van der Waals surface area contributed by atoms with Gasteiger partial charge in [-0.05, 0) is 24.2 Å². The lowest BCUT2D eigenvalue weighted by atomic mass is 9.86. The maximum atomic E-state index is 6.33. The van der Waals surface area contributed by atoms with Gasteiger partial charge in [0.05, 0.1) is 0 Å². The van der Waals surface area contributed by atoms with Gasteiger partial charge in [0, 0.05) is 25.2 Å². The highest BCUT2D eigenvalue weighted by Gasteiger charge is 2.25. The Morgan fingerprint density at radius 2 is 1.47 bits per heavy atom. The van der Waals surface area contributed by atoms with Gasteiger partial charge in [-0.1, -0.05) is 48.5 Å². The summed E-state index contributed by atoms with van der Waals surface area (Å²) in [6, 6.07) is 0.938. The van der Waals surface area contributed by atoms with Crippen LogP contribution in [0.3, 0.4) is 0 Å². The molecule has 17 heavy (non-hydrogen) atoms. The van der Waals surface area contributed by atoms with Crippen LogP contribution in [-0.2, 0) is 0 Å². The standard InChI is InChI=1S/C15H34N2/c1-8-13(9-2)17(10-12(3)4)11-14(16)15(5,6)7/h12-14H,8-11,16H2,1-7H3/t14-/m1/s1. The second-order valence-corrected chi connectivity index (χ2v) is 6.79. The quantitative estimate of drug-likeness (QED) is 0.740. The van der Waals surface area contributed by atoms with Crippen molar-refractivity contribution >= 4 is 0 Å². The molecule has 2 heteroatoms. The molecule has 0 fully saturated rings. The summed E-state index contributed by atoms with van der Waals surface area (Å²) in [5.41, 5.74) is 6.53. The van der Waals surface area contributed by atoms with Crippen LogP contribution in [0.5, 0.6) is 0 Å². The third kappa shape index (κ3) is 6.42. The SMILES string of the molecule is CCC(CC)N(CC(C)C)C[C@@H](N)C(C)(C)C. The second-order valence-electron chi connectivity index (χ2n) is 6.79. The van der Waals surface area contributed by atoms with Crippen molar-refractivity contribution in [3.05, 3.63) is 0 Å². The smallest absolute Gasteiger partial charge is 0.0217 e. The van der Waals surface area contributed by atoms with Crippen molar-refractivity contribution < 1.29 is 0 Å². The fourth-order valence-corrected chi connectivity index (χ4v) is 2.17. The molecule has 104 valence electrons. The lowest BCUT2D eigenvalue weighted by Crippen LogP contribution is -2.49. The van der Waals surface area contributed by atoms with Gasteiger partial charge in [0.1, 0.15) is 0 Å². The van der Waals surface area contributed by atoms with Crippen LogP contribution in [-0.4, -0.2) is 30.1 Å². The highest BCUT2D eigenvalue weighted by atomic mass is 15.2. The minimum atomic E-state index is 0.196. The average molecular weight is 242 g/mol. The first-order valence-corrected chi connectivity index (χ1v) is 7.21. The van der Waals surface area contributed by atoms with Crippen molar-refractivity contribution in [2.24, 2.45) is 17.1 Å². The first-order chi connectivity index (χ1) is 7.72. The third-order valence-electron chi connectivity index (χ3n) is 3.60. The summed E-state index contributed by atoms with van der Waals surface area (Å²) >= 11 is 0. The maximum Gasteiger partial charge on any atom is 0.0217 e. The Kier molecular flexibility index (Phi) is 7.34. The molecule has 0 amide bonds. The molecule has 0 heterocycles. The van der Waals surface area contributed by atoms with E-state index in [0.717, 1.165) is 13.1 Å². The van der Waals surface area contributed by atoms with Gasteiger partial charge < -0.3 is 5.73 Å². The van der Waals surface area contributed by atoms with Gasteiger partial charge in [-0.25, -0.2) is 0 Å². The van der Waals surface area contributed by atoms with Crippen molar-refractivity contribution in [1.29, 1.82) is 0 Å². The van der Waals surface area contributed by atoms with Gasteiger partial charge in [-0.2, -0.15) is 0 Å². The Morgan fingerprint density at radius 1 is 1.00 bits per heavy atom. The first kappa shape index (κ1) is 16.9. The Hall–Kier alpha value is -0.0800. The monoisotopic (exact) mass is 242 g/mol. The van der Waals surface area contributed by atoms with Gasteiger partial charge in [0.2, 0.25) is 0 Å². The fraction of sp³-hybridized carbons (Fsp3) is 1.00. The minimum Gasteiger partial charge on any atom is -0.326 e. The van der Waals surface area contributed by atoms with E-state index in [-0.39, 0.29) is 11.5 Å². The van der Waals surface area contributed by atoms with Crippen LogP contribution in [0.2, 0.25) is 0 Å². The van der Waals surface area contributed by atoms with E-state index in [4.69, 9.17) is 5.73 Å². The molecule has 2 nitrogen and oxygen atoms in total. The summed E-state index contributed by atoms with van der Waals surface area (Å²) in [6.07, 6.45) is 2.44. The van der Waals surface area contributed by atoms with E-state index in [1.165, 1.54) is 12.8 Å². The third-order valence-corrected chi connectivity index (χ3v) is 3.60. The number of hydrogen-bond acceptors (Lipinski definition) is 2. The summed E-state index contributed by atoms with van der Waals surface area (Å²) in [7, 11) is 0. The molecule has 0 aromatic rings. The van der Waals surface area contributed by atoms with Crippen LogP contribution in [0.1, 0.15) is 61.3 Å². The molecule has 0 rings (SSSR count). The van der Waals surface area contributed by atoms with Crippen molar-refractivity contribution in [3.63, 3.8) is 0 Å². The predicted octanol–water partition coefficient (Wildman–Crippen LogP) is 3.51. The molecule has 0 unspecified atom stereocenters. The summed E-state index contributed by atoms with van der Waals surface area (Å²) in [5, 5.41) is 0. The lowest BCUT2D eigenvalue weighted by Gasteiger charge is -2.37. The molecule has 0 radical (unpaired) electrons. The molecule has 0 aliphatic carbocycles. The van der Waals surface area contributed by atoms with Crippen molar-refractivity contribution in [1.82, 2.24) is 4.90 Å². The van der Waals surface area contributed by atoms with Crippen LogP contribution in [0.4, 0.5) is 0 Å². The maximum absolute atomic E-state index is 6.33. The minimum absolute atomic E-state index is 0.196. The largest absolute Gasteiger partial charge is 0.326 e. The molecular formula is C15H34N2. The van der Waals surface area contributed by atoms with Gasteiger partial charge >= 0.3 is 0 Å². The molecule has 0 aliphatic heterocycles. The van der Waals surface area contributed by atoms with E-state index in [1.807, 2.05) is 0 Å². The molecule has 0 bridgehead atoms. The van der Waals surface area contributed by atoms with Crippen LogP contribution in [0.25, 0.3) is 0 Å². The Bertz CT molecular complexity index is 190. The zero-order valence-corrected chi connectivity index (χ0v) is 13.1. The number of rotatable bonds is 7. The predicted molar refractivity (Wildman–Crippen MR) is 78.2 cm³/mol. The zero-order chi connectivity index (χ0) is 13.6. The first-order valence-electron chi connectivity index (χ1n) is 7.21. The zero-order valence-electron chi connectivity index (χ0n) is 13.1. The van der Waals surface area contributed by atoms with E-state index in [2.05, 4.69) is 53.4 Å². The van der Waals surface area contributed by atoms with E-state index in [1.54, 1.807) is 0 Å². The van der Waals surface area contributed by atoms with Crippen LogP contribution >= 0.6 is 0 Å². The summed E-state index contributed by atoms with van der Waals surface area (Å²) in [6.45, 7) is 18.0. The summed E-state index contributed by atoms with van der Waals surface area (Å²) in [4.78, 5) is 2.60. The lowest BCUT2D eigenvalue weighted by molar-refractivity contribution is 0.129. The highest BCUT2D eigenvalue weighted by molar-refractivity contribution is 4.83. The molecule has 2 N–H and O–H groups in total. The fourth-order valence-electron chi connectivity index (χ4n) is 2.17. The topological polar surface area (TPSA) is 29.3 Å². The van der Waals surface area contributed by atoms with Crippen molar-refractivity contribution in [2.45, 2.75) is 73.4 Å². The normalized spacial score (nSPS) is 15.0. The number of nitrogens with two attached hydrogens (primary N) is 1. The highest BCUT2D eigenvalue weighted by Crippen LogP contribution is 2.20. The van der Waals surface area contributed by atoms with Crippen molar-refractivity contribution in [3.8, 4) is 0 Å². The molecular weight excluding hydrogens is 208 g/mol. The molecule has 0 saturated heterocycles. The molecule has 0 aromatic carbocycles. The van der Waals surface area contributed by atoms with Gasteiger partial charge in [-0.15, -0.1) is 0 Å². The van der Waals surface area contributed by atoms with Gasteiger partial charge in [0.25, 0.3) is 0 Å². The van der Waals surface area contributed by atoms with Gasteiger partial charge in [0.15, 0.2) is 0 Å². The summed E-state index contributed by atoms with van der Waals surface area (Å²) < 4.78 is 0. The second kappa shape index (κ2) is 7.38. The van der Waals surface area contributed by atoms with E-state index < -0.39 is 0 Å².